The molecule has 0 atom stereocenters. The van der Waals surface area contributed by atoms with E-state index >= 15 is 0 Å². The maximum absolute atomic E-state index is 12.8. The summed E-state index contributed by atoms with van der Waals surface area (Å²) in [6, 6.07) is 4.21. The zero-order valence-electron chi connectivity index (χ0n) is 15.6. The maximum Gasteiger partial charge on any atom is 0.244 e. The zero-order valence-corrected chi connectivity index (χ0v) is 18.7. The summed E-state index contributed by atoms with van der Waals surface area (Å²) in [5.74, 6) is -1.04. The first-order valence-electron chi connectivity index (χ1n) is 9.00. The number of piperazine rings is 1. The lowest BCUT2D eigenvalue weighted by molar-refractivity contribution is -0.129. The smallest absolute Gasteiger partial charge is 0.244 e. The van der Waals surface area contributed by atoms with Crippen LogP contribution in [0.5, 0.6) is 0 Å². The highest BCUT2D eigenvalue weighted by molar-refractivity contribution is 7.92. The van der Waals surface area contributed by atoms with Gasteiger partial charge in [0.1, 0.15) is 10.6 Å². The molecule has 7 nitrogen and oxygen atoms in total. The third-order valence-electron chi connectivity index (χ3n) is 4.50. The Morgan fingerprint density at radius 3 is 2.29 bits per heavy atom. The van der Waals surface area contributed by atoms with Gasteiger partial charge in [-0.3, -0.25) is 4.79 Å². The number of sulfonamides is 1. The summed E-state index contributed by atoms with van der Waals surface area (Å²) in [6.07, 6.45) is 2.24. The normalized spacial score (nSPS) is 16.3. The van der Waals surface area contributed by atoms with Gasteiger partial charge in [0, 0.05) is 31.2 Å². The summed E-state index contributed by atoms with van der Waals surface area (Å²) < 4.78 is 50.9. The molecule has 1 amide bonds. The van der Waals surface area contributed by atoms with E-state index in [1.807, 2.05) is 6.92 Å². The largest absolute Gasteiger partial charge is 0.339 e. The highest BCUT2D eigenvalue weighted by Crippen LogP contribution is 2.28. The fraction of sp³-hybridized carbons (Fsp3) is 0.588. The van der Waals surface area contributed by atoms with Gasteiger partial charge in [0.2, 0.25) is 15.9 Å². The van der Waals surface area contributed by atoms with Crippen LogP contribution < -0.4 is 0 Å². The molecule has 28 heavy (non-hydrogen) atoms. The fourth-order valence-corrected chi connectivity index (χ4v) is 6.42. The predicted molar refractivity (Wildman–Crippen MR) is 110 cm³/mol. The number of nitrogens with zero attached hydrogens (tertiary/aromatic N) is 2. The average molecular weight is 471 g/mol. The second-order valence-corrected chi connectivity index (χ2v) is 11.6. The van der Waals surface area contributed by atoms with Crippen LogP contribution in [0.3, 0.4) is 0 Å². The number of benzene rings is 1. The summed E-state index contributed by atoms with van der Waals surface area (Å²) >= 11 is 11.9. The summed E-state index contributed by atoms with van der Waals surface area (Å²) in [4.78, 5) is 13.6. The zero-order chi connectivity index (χ0) is 20.9. The van der Waals surface area contributed by atoms with Crippen LogP contribution in [0.2, 0.25) is 10.0 Å². The van der Waals surface area contributed by atoms with Gasteiger partial charge < -0.3 is 4.90 Å². The van der Waals surface area contributed by atoms with Crippen LogP contribution in [0.4, 0.5) is 0 Å². The monoisotopic (exact) mass is 470 g/mol. The fourth-order valence-electron chi connectivity index (χ4n) is 2.92. The lowest BCUT2D eigenvalue weighted by atomic mass is 10.3. The molecule has 158 valence electrons. The van der Waals surface area contributed by atoms with Gasteiger partial charge in [-0.25, -0.2) is 16.8 Å². The van der Waals surface area contributed by atoms with Crippen LogP contribution in [0.1, 0.15) is 26.2 Å². The third-order valence-corrected chi connectivity index (χ3v) is 8.72. The lowest BCUT2D eigenvalue weighted by Gasteiger charge is -2.34. The Bertz CT molecular complexity index is 911. The van der Waals surface area contributed by atoms with Crippen LogP contribution >= 0.6 is 23.2 Å². The molecular formula is C17H24Cl2N2O5S2. The van der Waals surface area contributed by atoms with E-state index in [0.717, 1.165) is 12.8 Å². The summed E-state index contributed by atoms with van der Waals surface area (Å²) in [6.45, 7) is 2.35. The standard InChI is InChI=1S/C17H24Cl2N2O5S2/c1-2-3-4-11-27(23,24)13-17(22)20-7-9-21(10-8-20)28(25,26)16-12-14(18)5-6-15(16)19/h5-6,12H,2-4,7-11,13H2,1H3. The van der Waals surface area contributed by atoms with E-state index in [2.05, 4.69) is 0 Å². The molecule has 0 bridgehead atoms. The molecule has 0 radical (unpaired) electrons. The Kier molecular flexibility index (Phi) is 8.16. The average Bonchev–Trinajstić information content (AvgIpc) is 2.63. The lowest BCUT2D eigenvalue weighted by Crippen LogP contribution is -2.51. The summed E-state index contributed by atoms with van der Waals surface area (Å²) in [5, 5.41) is 0.325. The van der Waals surface area contributed by atoms with Crippen molar-refractivity contribution in [2.24, 2.45) is 0 Å². The van der Waals surface area contributed by atoms with Crippen molar-refractivity contribution in [3.63, 3.8) is 0 Å². The van der Waals surface area contributed by atoms with Crippen LogP contribution in [0.25, 0.3) is 0 Å². The van der Waals surface area contributed by atoms with E-state index < -0.39 is 31.5 Å². The van der Waals surface area contributed by atoms with Crippen molar-refractivity contribution in [1.29, 1.82) is 0 Å². The van der Waals surface area contributed by atoms with Crippen molar-refractivity contribution < 1.29 is 21.6 Å². The summed E-state index contributed by atoms with van der Waals surface area (Å²) in [7, 11) is -7.31. The topological polar surface area (TPSA) is 91.8 Å². The number of hydrogen-bond acceptors (Lipinski definition) is 5. The van der Waals surface area contributed by atoms with Crippen molar-refractivity contribution in [1.82, 2.24) is 9.21 Å². The molecule has 0 aromatic heterocycles. The van der Waals surface area contributed by atoms with E-state index in [9.17, 15) is 21.6 Å². The first-order valence-corrected chi connectivity index (χ1v) is 13.0. The van der Waals surface area contributed by atoms with Crippen molar-refractivity contribution in [2.45, 2.75) is 31.1 Å². The van der Waals surface area contributed by atoms with Crippen LogP contribution in [-0.4, -0.2) is 69.6 Å². The first-order chi connectivity index (χ1) is 13.1. The number of hydrogen-bond donors (Lipinski definition) is 0. The molecule has 0 unspecified atom stereocenters. The van der Waals surface area contributed by atoms with Crippen LogP contribution in [-0.2, 0) is 24.7 Å². The first kappa shape index (κ1) is 23.4. The molecule has 11 heteroatoms. The van der Waals surface area contributed by atoms with E-state index in [0.29, 0.717) is 6.42 Å². The molecule has 0 saturated carbocycles. The van der Waals surface area contributed by atoms with Gasteiger partial charge in [0.05, 0.1) is 10.8 Å². The molecule has 1 fully saturated rings. The van der Waals surface area contributed by atoms with E-state index in [1.165, 1.54) is 27.4 Å². The number of rotatable bonds is 8. The van der Waals surface area contributed by atoms with Crippen LogP contribution in [0, 0.1) is 0 Å². The maximum atomic E-state index is 12.8. The number of sulfone groups is 1. The molecule has 1 aromatic carbocycles. The van der Waals surface area contributed by atoms with Gasteiger partial charge in [-0.15, -0.1) is 0 Å². The van der Waals surface area contributed by atoms with Crippen molar-refractivity contribution >= 4 is 49.0 Å². The van der Waals surface area contributed by atoms with Gasteiger partial charge in [0.15, 0.2) is 9.84 Å². The number of carbonyl (C=O) groups is 1. The quantitative estimate of drug-likeness (QED) is 0.543. The Morgan fingerprint density at radius 1 is 1.04 bits per heavy atom. The molecule has 2 rings (SSSR count). The SMILES string of the molecule is CCCCCS(=O)(=O)CC(=O)N1CCN(S(=O)(=O)c2cc(Cl)ccc2Cl)CC1. The molecule has 0 aliphatic carbocycles. The molecule has 1 aromatic rings. The van der Waals surface area contributed by atoms with E-state index in [-0.39, 0.29) is 46.9 Å². The molecule has 0 N–H and O–H groups in total. The molecule has 1 saturated heterocycles. The highest BCUT2D eigenvalue weighted by atomic mass is 35.5. The minimum absolute atomic E-state index is 0.00576. The minimum atomic E-state index is -3.85. The van der Waals surface area contributed by atoms with Gasteiger partial charge in [-0.05, 0) is 24.6 Å². The molecule has 1 aliphatic rings. The Morgan fingerprint density at radius 2 is 1.68 bits per heavy atom. The second kappa shape index (κ2) is 9.75. The second-order valence-electron chi connectivity index (χ2n) is 6.66. The minimum Gasteiger partial charge on any atom is -0.339 e. The molecule has 1 heterocycles. The number of amides is 1. The Balaban J connectivity index is 1.98. The highest BCUT2D eigenvalue weighted by Gasteiger charge is 2.32. The van der Waals surface area contributed by atoms with Crippen LogP contribution in [0.15, 0.2) is 23.1 Å². The predicted octanol–water partition coefficient (Wildman–Crippen LogP) is 2.43. The van der Waals surface area contributed by atoms with Gasteiger partial charge in [0.25, 0.3) is 0 Å². The van der Waals surface area contributed by atoms with Crippen molar-refractivity contribution in [3.8, 4) is 0 Å². The number of carbonyl (C=O) groups excluding carboxylic acids is 1. The van der Waals surface area contributed by atoms with Gasteiger partial charge >= 0.3 is 0 Å². The number of unbranched alkanes of at least 4 members (excludes halogenated alkanes) is 2. The van der Waals surface area contributed by atoms with Crippen molar-refractivity contribution in [3.05, 3.63) is 28.2 Å². The molecule has 1 aliphatic heterocycles. The van der Waals surface area contributed by atoms with Gasteiger partial charge in [-0.2, -0.15) is 4.31 Å². The Hall–Kier alpha value is -0.870. The van der Waals surface area contributed by atoms with E-state index in [4.69, 9.17) is 23.2 Å². The Labute approximate surface area is 176 Å². The molecule has 0 spiro atoms. The third kappa shape index (κ3) is 6.06. The summed E-state index contributed by atoms with van der Waals surface area (Å²) in [5.41, 5.74) is 0. The molecular weight excluding hydrogens is 447 g/mol. The number of halogens is 2. The van der Waals surface area contributed by atoms with E-state index in [1.54, 1.807) is 0 Å². The van der Waals surface area contributed by atoms with Gasteiger partial charge in [-0.1, -0.05) is 43.0 Å². The van der Waals surface area contributed by atoms with Crippen molar-refractivity contribution in [2.75, 3.05) is 37.7 Å².